The Kier molecular flexibility index (Phi) is 23.3. The van der Waals surface area contributed by atoms with E-state index < -0.39 is 0 Å². The van der Waals surface area contributed by atoms with Crippen LogP contribution < -0.4 is 52.7 Å². The summed E-state index contributed by atoms with van der Waals surface area (Å²) in [4.78, 5) is 15.4. The van der Waals surface area contributed by atoms with Crippen LogP contribution in [-0.2, 0) is 32.2 Å². The predicted molar refractivity (Wildman–Crippen MR) is 365 cm³/mol. The first-order chi connectivity index (χ1) is 43.9. The fourth-order valence-electron chi connectivity index (χ4n) is 10.8. The van der Waals surface area contributed by atoms with Gasteiger partial charge in [-0.25, -0.2) is 0 Å². The summed E-state index contributed by atoms with van der Waals surface area (Å²) in [5.41, 5.74) is 10.8. The molecule has 0 amide bonds. The number of methoxy groups -OCH3 is 8. The molecule has 0 saturated heterocycles. The van der Waals surface area contributed by atoms with E-state index in [0.717, 1.165) is 69.8 Å². The van der Waals surface area contributed by atoms with Crippen LogP contribution in [0.5, 0.6) is 69.0 Å². The molecule has 0 unspecified atom stereocenters. The monoisotopic (exact) mass is 1350 g/mol. The van der Waals surface area contributed by atoms with E-state index in [1.54, 1.807) is 75.5 Å². The Balaban J connectivity index is 1.32. The number of nitrogens with zero attached hydrogens (tertiary/aromatic N) is 3. The highest BCUT2D eigenvalue weighted by atomic mass is 79.9. The predicted octanol–water partition coefficient (Wildman–Crippen LogP) is 15.8. The lowest BCUT2D eigenvalue weighted by Gasteiger charge is -2.22. The van der Waals surface area contributed by atoms with Crippen LogP contribution >= 0.6 is 31.9 Å². The van der Waals surface area contributed by atoms with E-state index in [1.165, 1.54) is 0 Å². The van der Waals surface area contributed by atoms with Crippen LogP contribution in [0.2, 0.25) is 0 Å². The van der Waals surface area contributed by atoms with Crippen LogP contribution in [0.1, 0.15) is 92.4 Å². The average molecular weight is 1350 g/mol. The van der Waals surface area contributed by atoms with E-state index in [-0.39, 0.29) is 37.2 Å². The number of fused-ring (bicyclic) bond motifs is 8. The minimum Gasteiger partial charge on any atom is -0.507 e. The lowest BCUT2D eigenvalue weighted by atomic mass is 9.90. The fraction of sp³-hybridized carbons (Fsp3) is 0.292. The molecular formula is C72H76Br2N4O12. The van der Waals surface area contributed by atoms with Gasteiger partial charge in [-0.05, 0) is 147 Å². The summed E-state index contributed by atoms with van der Waals surface area (Å²) in [5, 5.41) is 31.4. The smallest absolute Gasteiger partial charge is 0.127 e. The quantitative estimate of drug-likeness (QED) is 0.0192. The number of aliphatic imine (C=N–C) groups is 3. The van der Waals surface area contributed by atoms with Gasteiger partial charge in [0.15, 0.2) is 0 Å². The normalized spacial score (nSPS) is 12.1. The van der Waals surface area contributed by atoms with Crippen molar-refractivity contribution in [2.75, 3.05) is 86.1 Å². The van der Waals surface area contributed by atoms with Crippen molar-refractivity contribution in [3.63, 3.8) is 0 Å². The van der Waals surface area contributed by atoms with Gasteiger partial charge in [-0.1, -0.05) is 31.9 Å². The second kappa shape index (κ2) is 32.0. The molecule has 8 aromatic carbocycles. The number of phenols is 2. The third-order valence-corrected chi connectivity index (χ3v) is 16.5. The lowest BCUT2D eigenvalue weighted by Crippen LogP contribution is -2.09. The molecule has 1 aliphatic rings. The van der Waals surface area contributed by atoms with E-state index in [2.05, 4.69) is 37.2 Å². The van der Waals surface area contributed by atoms with E-state index in [4.69, 9.17) is 62.3 Å². The largest absolute Gasteiger partial charge is 0.507 e. The van der Waals surface area contributed by atoms with Crippen molar-refractivity contribution in [2.45, 2.75) is 57.9 Å². The summed E-state index contributed by atoms with van der Waals surface area (Å²) < 4.78 is 59.6. The summed E-state index contributed by atoms with van der Waals surface area (Å²) in [6.07, 6.45) is 9.23. The molecule has 16 nitrogen and oxygen atoms in total. The number of rotatable bonds is 27. The molecule has 8 bridgehead atoms. The number of halogens is 2. The maximum absolute atomic E-state index is 13.1. The van der Waals surface area contributed by atoms with Gasteiger partial charge >= 0.3 is 0 Å². The van der Waals surface area contributed by atoms with Crippen molar-refractivity contribution in [3.8, 4) is 69.0 Å². The van der Waals surface area contributed by atoms with Gasteiger partial charge in [0.1, 0.15) is 69.0 Å². The van der Waals surface area contributed by atoms with Crippen molar-refractivity contribution in [3.05, 3.63) is 188 Å². The highest BCUT2D eigenvalue weighted by Crippen LogP contribution is 2.44. The first-order valence-electron chi connectivity index (χ1n) is 29.5. The van der Waals surface area contributed by atoms with Crippen LogP contribution in [0.25, 0.3) is 0 Å². The van der Waals surface area contributed by atoms with Gasteiger partial charge in [0.05, 0.1) is 87.2 Å². The molecular weight excluding hydrogens is 1270 g/mol. The Morgan fingerprint density at radius 1 is 0.389 bits per heavy atom. The van der Waals surface area contributed by atoms with E-state index in [9.17, 15) is 10.2 Å². The minimum absolute atomic E-state index is 0.0647. The van der Waals surface area contributed by atoms with Gasteiger partial charge in [0.2, 0.25) is 0 Å². The van der Waals surface area contributed by atoms with Gasteiger partial charge < -0.3 is 62.9 Å². The number of hydrogen-bond donors (Lipinski definition) is 3. The zero-order chi connectivity index (χ0) is 63.5. The van der Waals surface area contributed by atoms with E-state index >= 15 is 0 Å². The maximum Gasteiger partial charge on any atom is 0.127 e. The van der Waals surface area contributed by atoms with Crippen molar-refractivity contribution in [1.82, 2.24) is 0 Å². The number of ether oxygens (including phenoxy) is 10. The van der Waals surface area contributed by atoms with Crippen molar-refractivity contribution < 1.29 is 57.6 Å². The first kappa shape index (κ1) is 65.6. The molecule has 470 valence electrons. The molecule has 0 aliphatic heterocycles. The zero-order valence-corrected chi connectivity index (χ0v) is 55.2. The molecule has 3 N–H and O–H groups in total. The Labute approximate surface area is 543 Å². The summed E-state index contributed by atoms with van der Waals surface area (Å²) in [6.45, 7) is 1.14. The number of unbranched alkanes of at least 4 members (excludes halogenated alkanes) is 2. The molecule has 0 heterocycles. The molecule has 0 atom stereocenters. The van der Waals surface area contributed by atoms with Gasteiger partial charge in [-0.15, -0.1) is 0 Å². The Hall–Kier alpha value is -8.87. The van der Waals surface area contributed by atoms with Crippen LogP contribution in [0.4, 0.5) is 22.7 Å². The number of hydrogen-bond acceptors (Lipinski definition) is 16. The second-order valence-corrected chi connectivity index (χ2v) is 22.9. The van der Waals surface area contributed by atoms with E-state index in [0.29, 0.717) is 133 Å². The third-order valence-electron chi connectivity index (χ3n) is 15.4. The number of anilines is 1. The van der Waals surface area contributed by atoms with Crippen LogP contribution in [0.3, 0.4) is 0 Å². The molecule has 90 heavy (non-hydrogen) atoms. The summed E-state index contributed by atoms with van der Waals surface area (Å²) >= 11 is 7.24. The average Bonchev–Trinajstić information content (AvgIpc) is 1.74. The van der Waals surface area contributed by atoms with Crippen molar-refractivity contribution >= 4 is 73.3 Å². The molecule has 0 spiro atoms. The topological polar surface area (TPSA) is 182 Å². The Morgan fingerprint density at radius 3 is 1.04 bits per heavy atom. The highest BCUT2D eigenvalue weighted by molar-refractivity contribution is 9.09. The summed E-state index contributed by atoms with van der Waals surface area (Å²) in [7, 11) is 13.0. The van der Waals surface area contributed by atoms with Crippen molar-refractivity contribution in [2.24, 2.45) is 15.0 Å². The molecule has 18 heteroatoms. The molecule has 8 aromatic rings. The number of nitrogens with one attached hydrogen (secondary N) is 1. The Bertz CT molecular complexity index is 3710. The molecule has 0 radical (unpaired) electrons. The number of alkyl halides is 2. The Morgan fingerprint density at radius 2 is 0.711 bits per heavy atom. The molecule has 0 aromatic heterocycles. The lowest BCUT2D eigenvalue weighted by molar-refractivity contribution is 0.304. The highest BCUT2D eigenvalue weighted by Gasteiger charge is 2.24. The van der Waals surface area contributed by atoms with Crippen LogP contribution in [0.15, 0.2) is 136 Å². The van der Waals surface area contributed by atoms with Gasteiger partial charge in [0, 0.05) is 134 Å². The minimum atomic E-state index is 0.0647. The number of aromatic hydroxyl groups is 2. The van der Waals surface area contributed by atoms with Crippen LogP contribution in [-0.4, -0.2) is 110 Å². The maximum atomic E-state index is 13.1. The third kappa shape index (κ3) is 16.5. The van der Waals surface area contributed by atoms with E-state index in [1.807, 2.05) is 121 Å². The summed E-state index contributed by atoms with van der Waals surface area (Å²) in [6, 6.07) is 38.0. The molecule has 0 fully saturated rings. The summed E-state index contributed by atoms with van der Waals surface area (Å²) in [5.74, 6) is 6.46. The second-order valence-electron chi connectivity index (χ2n) is 21.3. The van der Waals surface area contributed by atoms with Gasteiger partial charge in [0.25, 0.3) is 0 Å². The molecule has 0 saturated carbocycles. The SMILES string of the molecule is COc1ccc(OC)c(C=Nc2cc3c(O)c(c2)Cc2cc(N=Cc4cc(OC)ccc4OC)cc(c2OCCCCBr)Cc2cc(NCc4cc(OC)ccc4OC)cc(c2O)Cc2cc(N=Cc4cc(OC)ccc4OC)cc(c2OCCCCBr)C3)c1. The van der Waals surface area contributed by atoms with Crippen molar-refractivity contribution in [1.29, 1.82) is 0 Å². The number of benzene rings is 8. The van der Waals surface area contributed by atoms with Gasteiger partial charge in [-0.2, -0.15) is 0 Å². The fourth-order valence-corrected chi connectivity index (χ4v) is 11.6. The standard InChI is InChI=1S/C72H76Br2N4O12/c1-81-61-13-17-65(85-5)53(37-61)41-75-57-29-45-25-49-33-59(77-43-55-39-63(83-3)15-19-67(55)87-7)35-51(71(49)89-23-11-9-21-73)27-47-31-58(76-42-54-38-62(82-2)14-18-66(54)86-6)32-48(70(47)80)28-52-36-60(78-44-56-40-64(84-4)16-20-68(56)88-8)34-50(26-46(30-57)69(45)79)72(52)90-24-12-10-22-74/h13-20,29-41,43-44,76,79-80H,9-12,21-28,42H2,1-8H3. The number of phenolic OH excluding ortho intramolecular Hbond substituents is 2. The van der Waals surface area contributed by atoms with Gasteiger partial charge in [-0.3, -0.25) is 15.0 Å². The van der Waals surface area contributed by atoms with Crippen LogP contribution in [0, 0.1) is 0 Å². The first-order valence-corrected chi connectivity index (χ1v) is 31.8. The molecule has 9 rings (SSSR count). The zero-order valence-electron chi connectivity index (χ0n) is 52.0. The molecule has 1 aliphatic carbocycles.